The minimum Gasteiger partial charge on any atom is -0.352 e. The Balaban J connectivity index is 1.08. The Morgan fingerprint density at radius 3 is 1.79 bits per heavy atom. The van der Waals surface area contributed by atoms with E-state index in [0.29, 0.717) is 11.8 Å². The van der Waals surface area contributed by atoms with Crippen molar-refractivity contribution in [2.24, 2.45) is 41.4 Å². The molecule has 1 saturated heterocycles. The lowest BCUT2D eigenvalue weighted by atomic mass is 9.69. The maximum Gasteiger partial charge on any atom is 0.266 e. The lowest BCUT2D eigenvalue weighted by Crippen LogP contribution is -2.39. The first-order valence-corrected chi connectivity index (χ1v) is 14.5. The highest BCUT2D eigenvalue weighted by atomic mass is 19.3. The number of hydrogen-bond donors (Lipinski definition) is 0. The Kier molecular flexibility index (Phi) is 10.5. The predicted molar refractivity (Wildman–Crippen MR) is 134 cm³/mol. The molecule has 0 radical (unpaired) electrons. The third-order valence-electron chi connectivity index (χ3n) is 9.69. The summed E-state index contributed by atoms with van der Waals surface area (Å²) in [6.07, 6.45) is 22.8. The monoisotopic (exact) mass is 478 g/mol. The van der Waals surface area contributed by atoms with Gasteiger partial charge in [0.1, 0.15) is 0 Å². The van der Waals surface area contributed by atoms with Crippen LogP contribution in [0, 0.1) is 41.4 Å². The molecule has 3 aliphatic carbocycles. The second kappa shape index (κ2) is 13.5. The zero-order valence-corrected chi connectivity index (χ0v) is 21.4. The number of ether oxygens (including phenoxy) is 2. The SMILES string of the molecule is C/C=C/CC1CCC(CCC2COC(C3CCC(C4CCC(C=C(F)F)CC4)CC3)OC2)CC1. The number of hydrogen-bond acceptors (Lipinski definition) is 2. The van der Waals surface area contributed by atoms with Crippen LogP contribution in [0.25, 0.3) is 0 Å². The molecule has 0 bridgehead atoms. The number of halogens is 2. The van der Waals surface area contributed by atoms with E-state index in [-0.39, 0.29) is 12.2 Å². The van der Waals surface area contributed by atoms with Gasteiger partial charge in [0, 0.05) is 11.8 Å². The van der Waals surface area contributed by atoms with Crippen LogP contribution in [0.3, 0.4) is 0 Å². The van der Waals surface area contributed by atoms with Crippen LogP contribution in [0.15, 0.2) is 24.3 Å². The fourth-order valence-corrected chi connectivity index (χ4v) is 7.40. The van der Waals surface area contributed by atoms with E-state index in [1.54, 1.807) is 0 Å². The molecule has 0 aromatic heterocycles. The first kappa shape index (κ1) is 26.3. The van der Waals surface area contributed by atoms with Crippen LogP contribution >= 0.6 is 0 Å². The van der Waals surface area contributed by atoms with E-state index in [9.17, 15) is 8.78 Å². The smallest absolute Gasteiger partial charge is 0.266 e. The Hall–Kier alpha value is -0.740. The molecule has 4 aliphatic rings. The van der Waals surface area contributed by atoms with Crippen molar-refractivity contribution in [3.63, 3.8) is 0 Å². The maximum atomic E-state index is 12.5. The normalized spacial score (nSPS) is 39.7. The lowest BCUT2D eigenvalue weighted by molar-refractivity contribution is -0.230. The molecule has 0 aromatic carbocycles. The van der Waals surface area contributed by atoms with Crippen LogP contribution in [-0.2, 0) is 9.47 Å². The van der Waals surface area contributed by atoms with E-state index in [1.165, 1.54) is 76.7 Å². The largest absolute Gasteiger partial charge is 0.352 e. The predicted octanol–water partition coefficient (Wildman–Crippen LogP) is 8.92. The number of rotatable bonds is 8. The van der Waals surface area contributed by atoms with Gasteiger partial charge in [-0.15, -0.1) is 0 Å². The Bertz CT molecular complexity index is 626. The molecule has 194 valence electrons. The summed E-state index contributed by atoms with van der Waals surface area (Å²) in [4.78, 5) is 0. The van der Waals surface area contributed by atoms with Gasteiger partial charge < -0.3 is 9.47 Å². The highest BCUT2D eigenvalue weighted by Gasteiger charge is 2.36. The van der Waals surface area contributed by atoms with Crippen molar-refractivity contribution in [1.82, 2.24) is 0 Å². The summed E-state index contributed by atoms with van der Waals surface area (Å²) in [6.45, 7) is 3.89. The van der Waals surface area contributed by atoms with E-state index >= 15 is 0 Å². The molecule has 1 heterocycles. The van der Waals surface area contributed by atoms with E-state index in [0.717, 1.165) is 62.6 Å². The van der Waals surface area contributed by atoms with Crippen molar-refractivity contribution in [3.8, 4) is 0 Å². The fraction of sp³-hybridized carbons (Fsp3) is 0.867. The number of allylic oxidation sites excluding steroid dienone is 3. The highest BCUT2D eigenvalue weighted by Crippen LogP contribution is 2.43. The van der Waals surface area contributed by atoms with E-state index in [4.69, 9.17) is 9.47 Å². The molecule has 1 aliphatic heterocycles. The van der Waals surface area contributed by atoms with Gasteiger partial charge >= 0.3 is 0 Å². The van der Waals surface area contributed by atoms with E-state index in [1.807, 2.05) is 0 Å². The van der Waals surface area contributed by atoms with Gasteiger partial charge in [-0.3, -0.25) is 0 Å². The molecule has 3 saturated carbocycles. The first-order chi connectivity index (χ1) is 16.6. The summed E-state index contributed by atoms with van der Waals surface area (Å²) in [5.74, 6) is 4.58. The summed E-state index contributed by atoms with van der Waals surface area (Å²) >= 11 is 0. The van der Waals surface area contributed by atoms with Crippen LogP contribution in [0.4, 0.5) is 8.78 Å². The second-order valence-corrected chi connectivity index (χ2v) is 12.0. The molecule has 0 amide bonds. The second-order valence-electron chi connectivity index (χ2n) is 12.0. The Labute approximate surface area is 206 Å². The highest BCUT2D eigenvalue weighted by molar-refractivity contribution is 4.92. The van der Waals surface area contributed by atoms with Crippen LogP contribution in [0.1, 0.15) is 103 Å². The third kappa shape index (κ3) is 7.88. The standard InChI is InChI=1S/C30H48F2O2/c1-2-3-4-22-5-7-23(8-6-22)9-10-25-20-33-30(34-21-25)28-17-15-27(16-18-28)26-13-11-24(12-14-26)19-29(31)32/h2-3,19,22-28,30H,4-18,20-21H2,1H3/b3-2+. The van der Waals surface area contributed by atoms with Gasteiger partial charge in [0.15, 0.2) is 6.29 Å². The van der Waals surface area contributed by atoms with Crippen molar-refractivity contribution in [3.05, 3.63) is 24.3 Å². The molecule has 4 heteroatoms. The van der Waals surface area contributed by atoms with E-state index < -0.39 is 6.08 Å². The van der Waals surface area contributed by atoms with Gasteiger partial charge in [0.25, 0.3) is 6.08 Å². The fourth-order valence-electron chi connectivity index (χ4n) is 7.40. The summed E-state index contributed by atoms with van der Waals surface area (Å²) in [5, 5.41) is 0. The van der Waals surface area contributed by atoms with Gasteiger partial charge in [-0.05, 0) is 120 Å². The third-order valence-corrected chi connectivity index (χ3v) is 9.69. The molecule has 0 unspecified atom stereocenters. The molecular formula is C30H48F2O2. The molecule has 34 heavy (non-hydrogen) atoms. The Morgan fingerprint density at radius 1 is 0.676 bits per heavy atom. The van der Waals surface area contributed by atoms with Crippen molar-refractivity contribution in [2.75, 3.05) is 13.2 Å². The average molecular weight is 479 g/mol. The van der Waals surface area contributed by atoms with Crippen LogP contribution in [-0.4, -0.2) is 19.5 Å². The van der Waals surface area contributed by atoms with Crippen LogP contribution in [0.2, 0.25) is 0 Å². The summed E-state index contributed by atoms with van der Waals surface area (Å²) in [5.41, 5.74) is 0. The van der Waals surface area contributed by atoms with Crippen molar-refractivity contribution < 1.29 is 18.3 Å². The molecule has 4 fully saturated rings. The van der Waals surface area contributed by atoms with E-state index in [2.05, 4.69) is 19.1 Å². The maximum absolute atomic E-state index is 12.5. The van der Waals surface area contributed by atoms with Gasteiger partial charge in [-0.25, -0.2) is 0 Å². The minimum absolute atomic E-state index is 0.00709. The minimum atomic E-state index is -1.50. The summed E-state index contributed by atoms with van der Waals surface area (Å²) in [7, 11) is 0. The molecule has 2 nitrogen and oxygen atoms in total. The van der Waals surface area contributed by atoms with Crippen molar-refractivity contribution in [1.29, 1.82) is 0 Å². The topological polar surface area (TPSA) is 18.5 Å². The molecule has 4 rings (SSSR count). The van der Waals surface area contributed by atoms with Gasteiger partial charge in [0.2, 0.25) is 0 Å². The molecule has 0 N–H and O–H groups in total. The van der Waals surface area contributed by atoms with Crippen molar-refractivity contribution >= 4 is 0 Å². The first-order valence-electron chi connectivity index (χ1n) is 14.5. The van der Waals surface area contributed by atoms with Crippen LogP contribution < -0.4 is 0 Å². The molecule has 0 aromatic rings. The van der Waals surface area contributed by atoms with Crippen molar-refractivity contribution in [2.45, 2.75) is 110 Å². The Morgan fingerprint density at radius 2 is 1.21 bits per heavy atom. The average Bonchev–Trinajstić information content (AvgIpc) is 2.87. The zero-order chi connectivity index (χ0) is 23.8. The molecule has 0 atom stereocenters. The lowest BCUT2D eigenvalue weighted by Gasteiger charge is -2.41. The zero-order valence-electron chi connectivity index (χ0n) is 21.4. The summed E-state index contributed by atoms with van der Waals surface area (Å²) in [6, 6.07) is 0. The summed E-state index contributed by atoms with van der Waals surface area (Å²) < 4.78 is 37.6. The van der Waals surface area contributed by atoms with Gasteiger partial charge in [-0.2, -0.15) is 8.78 Å². The molecular weight excluding hydrogens is 430 g/mol. The quantitative estimate of drug-likeness (QED) is 0.324. The van der Waals surface area contributed by atoms with Gasteiger partial charge in [0.05, 0.1) is 13.2 Å². The molecule has 0 spiro atoms. The van der Waals surface area contributed by atoms with Gasteiger partial charge in [-0.1, -0.05) is 31.4 Å². The van der Waals surface area contributed by atoms with Crippen LogP contribution in [0.5, 0.6) is 0 Å².